The summed E-state index contributed by atoms with van der Waals surface area (Å²) in [5.74, 6) is 0.149. The van der Waals surface area contributed by atoms with Crippen LogP contribution in [0.1, 0.15) is 84.0 Å². The molecule has 0 atom stereocenters. The highest BCUT2D eigenvalue weighted by Gasteiger charge is 2.13. The second-order valence-corrected chi connectivity index (χ2v) is 6.66. The summed E-state index contributed by atoms with van der Waals surface area (Å²) in [4.78, 5) is 13.8. The zero-order valence-corrected chi connectivity index (χ0v) is 15.2. The van der Waals surface area contributed by atoms with Crippen molar-refractivity contribution in [3.63, 3.8) is 0 Å². The van der Waals surface area contributed by atoms with Gasteiger partial charge in [0.25, 0.3) is 0 Å². The lowest BCUT2D eigenvalue weighted by molar-refractivity contribution is -0.129. The van der Waals surface area contributed by atoms with Crippen LogP contribution in [0.25, 0.3) is 0 Å². The summed E-state index contributed by atoms with van der Waals surface area (Å²) in [5.41, 5.74) is 0. The number of allylic oxidation sites excluding steroid dienone is 1. The molecule has 1 fully saturated rings. The van der Waals surface area contributed by atoms with Gasteiger partial charge in [0.2, 0.25) is 5.91 Å². The van der Waals surface area contributed by atoms with Crippen molar-refractivity contribution >= 4 is 5.91 Å². The molecule has 1 heterocycles. The SMILES string of the molecule is CCCCCCCCCCCCCC=CC(=O)N1CCOCC1. The van der Waals surface area contributed by atoms with Gasteiger partial charge in [0, 0.05) is 13.1 Å². The lowest BCUT2D eigenvalue weighted by Gasteiger charge is -2.25. The van der Waals surface area contributed by atoms with Gasteiger partial charge in [-0.15, -0.1) is 0 Å². The van der Waals surface area contributed by atoms with Crippen LogP contribution >= 0.6 is 0 Å². The molecule has 1 amide bonds. The monoisotopic (exact) mass is 323 g/mol. The average molecular weight is 324 g/mol. The van der Waals surface area contributed by atoms with Crippen molar-refractivity contribution in [3.8, 4) is 0 Å². The van der Waals surface area contributed by atoms with E-state index in [1.165, 1.54) is 70.6 Å². The van der Waals surface area contributed by atoms with Gasteiger partial charge in [-0.25, -0.2) is 0 Å². The van der Waals surface area contributed by atoms with E-state index in [-0.39, 0.29) is 5.91 Å². The Balaban J connectivity index is 1.83. The number of carbonyl (C=O) groups is 1. The van der Waals surface area contributed by atoms with Crippen LogP contribution in [0.2, 0.25) is 0 Å². The molecule has 0 aromatic heterocycles. The molecule has 3 heteroatoms. The molecule has 0 N–H and O–H groups in total. The molecule has 1 aliphatic heterocycles. The van der Waals surface area contributed by atoms with Gasteiger partial charge in [0.05, 0.1) is 13.2 Å². The molecule has 0 radical (unpaired) electrons. The number of carbonyl (C=O) groups excluding carboxylic acids is 1. The fraction of sp³-hybridized carbons (Fsp3) is 0.850. The Morgan fingerprint density at radius 1 is 0.870 bits per heavy atom. The van der Waals surface area contributed by atoms with Gasteiger partial charge in [0.15, 0.2) is 0 Å². The van der Waals surface area contributed by atoms with E-state index in [0.717, 1.165) is 19.5 Å². The maximum absolute atomic E-state index is 11.9. The van der Waals surface area contributed by atoms with Crippen molar-refractivity contribution in [2.24, 2.45) is 0 Å². The molecule has 0 unspecified atom stereocenters. The predicted octanol–water partition coefficient (Wildman–Crippen LogP) is 5.10. The first-order valence-corrected chi connectivity index (χ1v) is 9.87. The highest BCUT2D eigenvalue weighted by Crippen LogP contribution is 2.12. The van der Waals surface area contributed by atoms with Crippen LogP contribution < -0.4 is 0 Å². The van der Waals surface area contributed by atoms with Gasteiger partial charge in [-0.2, -0.15) is 0 Å². The fourth-order valence-corrected chi connectivity index (χ4v) is 3.00. The molecule has 1 rings (SSSR count). The van der Waals surface area contributed by atoms with Gasteiger partial charge >= 0.3 is 0 Å². The van der Waals surface area contributed by atoms with E-state index in [4.69, 9.17) is 4.74 Å². The number of nitrogens with zero attached hydrogens (tertiary/aromatic N) is 1. The third kappa shape index (κ3) is 11.4. The number of unbranched alkanes of at least 4 members (excludes halogenated alkanes) is 11. The first-order chi connectivity index (χ1) is 11.3. The Morgan fingerprint density at radius 3 is 1.96 bits per heavy atom. The van der Waals surface area contributed by atoms with Crippen LogP contribution in [0.5, 0.6) is 0 Å². The molecular weight excluding hydrogens is 286 g/mol. The Morgan fingerprint density at radius 2 is 1.39 bits per heavy atom. The van der Waals surface area contributed by atoms with Crippen molar-refractivity contribution in [1.82, 2.24) is 4.90 Å². The third-order valence-electron chi connectivity index (χ3n) is 4.56. The Hall–Kier alpha value is -0.830. The lowest BCUT2D eigenvalue weighted by Crippen LogP contribution is -2.39. The average Bonchev–Trinajstić information content (AvgIpc) is 2.59. The van der Waals surface area contributed by atoms with E-state index in [9.17, 15) is 4.79 Å². The molecule has 134 valence electrons. The summed E-state index contributed by atoms with van der Waals surface area (Å²) in [5, 5.41) is 0. The van der Waals surface area contributed by atoms with Gasteiger partial charge in [0.1, 0.15) is 0 Å². The van der Waals surface area contributed by atoms with Crippen LogP contribution in [0.3, 0.4) is 0 Å². The topological polar surface area (TPSA) is 29.5 Å². The number of hydrogen-bond donors (Lipinski definition) is 0. The first kappa shape index (κ1) is 20.2. The molecule has 0 aromatic carbocycles. The second-order valence-electron chi connectivity index (χ2n) is 6.66. The summed E-state index contributed by atoms with van der Waals surface area (Å²) in [6, 6.07) is 0. The van der Waals surface area contributed by atoms with E-state index in [1.54, 1.807) is 6.08 Å². The van der Waals surface area contributed by atoms with Crippen LogP contribution in [0.15, 0.2) is 12.2 Å². The molecule has 0 bridgehead atoms. The molecule has 0 saturated carbocycles. The summed E-state index contributed by atoms with van der Waals surface area (Å²) in [6.07, 6.45) is 19.9. The van der Waals surface area contributed by atoms with Crippen molar-refractivity contribution in [2.75, 3.05) is 26.3 Å². The lowest BCUT2D eigenvalue weighted by atomic mass is 10.1. The van der Waals surface area contributed by atoms with Crippen molar-refractivity contribution in [2.45, 2.75) is 84.0 Å². The van der Waals surface area contributed by atoms with Crippen LogP contribution in [-0.4, -0.2) is 37.1 Å². The van der Waals surface area contributed by atoms with Gasteiger partial charge in [-0.05, 0) is 18.9 Å². The van der Waals surface area contributed by atoms with Gasteiger partial charge in [-0.3, -0.25) is 4.79 Å². The summed E-state index contributed by atoms with van der Waals surface area (Å²) < 4.78 is 5.25. The normalized spacial score (nSPS) is 15.4. The maximum Gasteiger partial charge on any atom is 0.246 e. The highest BCUT2D eigenvalue weighted by molar-refractivity contribution is 5.87. The zero-order valence-electron chi connectivity index (χ0n) is 15.2. The summed E-state index contributed by atoms with van der Waals surface area (Å²) in [7, 11) is 0. The van der Waals surface area contributed by atoms with E-state index in [0.29, 0.717) is 13.2 Å². The molecule has 0 spiro atoms. The first-order valence-electron chi connectivity index (χ1n) is 9.87. The van der Waals surface area contributed by atoms with Gasteiger partial charge < -0.3 is 9.64 Å². The largest absolute Gasteiger partial charge is 0.378 e. The predicted molar refractivity (Wildman–Crippen MR) is 97.6 cm³/mol. The molecule has 0 aromatic rings. The van der Waals surface area contributed by atoms with Crippen LogP contribution in [0.4, 0.5) is 0 Å². The van der Waals surface area contributed by atoms with Gasteiger partial charge in [-0.1, -0.05) is 77.2 Å². The minimum Gasteiger partial charge on any atom is -0.378 e. The molecular formula is C20H37NO2. The quantitative estimate of drug-likeness (QED) is 0.348. The molecule has 0 aliphatic carbocycles. The van der Waals surface area contributed by atoms with Crippen molar-refractivity contribution in [1.29, 1.82) is 0 Å². The minimum atomic E-state index is 0.149. The molecule has 1 saturated heterocycles. The molecule has 1 aliphatic rings. The summed E-state index contributed by atoms with van der Waals surface area (Å²) in [6.45, 7) is 5.10. The maximum atomic E-state index is 11.9. The number of amides is 1. The van der Waals surface area contributed by atoms with Crippen LogP contribution in [-0.2, 0) is 9.53 Å². The van der Waals surface area contributed by atoms with Crippen LogP contribution in [0, 0.1) is 0 Å². The molecule has 3 nitrogen and oxygen atoms in total. The standard InChI is InChI=1S/C20H37NO2/c1-2-3-4-5-6-7-8-9-10-11-12-13-14-15-20(22)21-16-18-23-19-17-21/h14-15H,2-13,16-19H2,1H3. The Labute approximate surface area is 143 Å². The van der Waals surface area contributed by atoms with E-state index in [2.05, 4.69) is 6.92 Å². The molecule has 23 heavy (non-hydrogen) atoms. The Kier molecular flexibility index (Phi) is 13.0. The van der Waals surface area contributed by atoms with E-state index < -0.39 is 0 Å². The highest BCUT2D eigenvalue weighted by atomic mass is 16.5. The smallest absolute Gasteiger partial charge is 0.246 e. The fourth-order valence-electron chi connectivity index (χ4n) is 3.00. The second kappa shape index (κ2) is 14.7. The number of morpholine rings is 1. The van der Waals surface area contributed by atoms with Crippen molar-refractivity contribution in [3.05, 3.63) is 12.2 Å². The number of hydrogen-bond acceptors (Lipinski definition) is 2. The third-order valence-corrected chi connectivity index (χ3v) is 4.56. The summed E-state index contributed by atoms with van der Waals surface area (Å²) >= 11 is 0. The number of rotatable bonds is 13. The number of ether oxygens (including phenoxy) is 1. The van der Waals surface area contributed by atoms with Crippen molar-refractivity contribution < 1.29 is 9.53 Å². The zero-order chi connectivity index (χ0) is 16.6. The van der Waals surface area contributed by atoms with E-state index in [1.807, 2.05) is 11.0 Å². The van der Waals surface area contributed by atoms with E-state index >= 15 is 0 Å². The Bertz CT molecular complexity index is 309. The minimum absolute atomic E-state index is 0.149.